The average molecular weight is 161 g/mol. The van der Waals surface area contributed by atoms with Crippen LogP contribution in [0, 0.1) is 24.2 Å². The lowest BCUT2D eigenvalue weighted by Gasteiger charge is -2.27. The fraction of sp³-hybridized carbons (Fsp3) is 0.636. The lowest BCUT2D eigenvalue weighted by atomic mass is 10.0. The molecule has 2 rings (SSSR count). The van der Waals surface area contributed by atoms with Crippen LogP contribution in [0.4, 0.5) is 0 Å². The van der Waals surface area contributed by atoms with Crippen molar-refractivity contribution in [3.63, 3.8) is 0 Å². The van der Waals surface area contributed by atoms with Gasteiger partial charge in [-0.2, -0.15) is 0 Å². The monoisotopic (exact) mass is 161 g/mol. The first-order chi connectivity index (χ1) is 5.81. The maximum atomic E-state index is 5.29. The minimum atomic E-state index is 0.719. The molecule has 2 aliphatic carbocycles. The van der Waals surface area contributed by atoms with Crippen molar-refractivity contribution in [2.75, 3.05) is 13.6 Å². The number of terminal acetylenes is 1. The highest BCUT2D eigenvalue weighted by Crippen LogP contribution is 2.40. The molecule has 1 heteroatoms. The van der Waals surface area contributed by atoms with Crippen LogP contribution < -0.4 is 0 Å². The molecule has 0 aromatic heterocycles. The van der Waals surface area contributed by atoms with Crippen LogP contribution in [-0.4, -0.2) is 24.5 Å². The minimum Gasteiger partial charge on any atom is -0.292 e. The van der Waals surface area contributed by atoms with Gasteiger partial charge in [0.1, 0.15) is 0 Å². The number of allylic oxidation sites excluding steroid dienone is 1. The SMILES string of the molecule is C#CCN(C)C1CC2C=CC1C2. The highest BCUT2D eigenvalue weighted by Gasteiger charge is 2.37. The van der Waals surface area contributed by atoms with Crippen LogP contribution in [-0.2, 0) is 0 Å². The zero-order valence-corrected chi connectivity index (χ0v) is 7.53. The largest absolute Gasteiger partial charge is 0.292 e. The molecule has 1 saturated carbocycles. The van der Waals surface area contributed by atoms with E-state index >= 15 is 0 Å². The summed E-state index contributed by atoms with van der Waals surface area (Å²) in [6.07, 6.45) is 12.7. The van der Waals surface area contributed by atoms with Crippen molar-refractivity contribution in [3.05, 3.63) is 12.2 Å². The van der Waals surface area contributed by atoms with Gasteiger partial charge in [-0.25, -0.2) is 0 Å². The maximum Gasteiger partial charge on any atom is 0.0599 e. The molecule has 0 aromatic rings. The topological polar surface area (TPSA) is 3.24 Å². The molecule has 0 spiro atoms. The van der Waals surface area contributed by atoms with E-state index in [4.69, 9.17) is 6.42 Å². The van der Waals surface area contributed by atoms with Crippen molar-refractivity contribution in [3.8, 4) is 12.3 Å². The van der Waals surface area contributed by atoms with Crippen LogP contribution in [0.15, 0.2) is 12.2 Å². The summed E-state index contributed by atoms with van der Waals surface area (Å²) in [7, 11) is 2.14. The van der Waals surface area contributed by atoms with Gasteiger partial charge in [0.25, 0.3) is 0 Å². The minimum absolute atomic E-state index is 0.719. The Morgan fingerprint density at radius 3 is 2.83 bits per heavy atom. The first-order valence-electron chi connectivity index (χ1n) is 4.63. The summed E-state index contributed by atoms with van der Waals surface area (Å²) in [6.45, 7) is 0.793. The van der Waals surface area contributed by atoms with E-state index in [1.54, 1.807) is 0 Å². The molecule has 12 heavy (non-hydrogen) atoms. The third-order valence-corrected chi connectivity index (χ3v) is 3.15. The second kappa shape index (κ2) is 2.95. The molecule has 3 atom stereocenters. The molecule has 0 heterocycles. The predicted octanol–water partition coefficient (Wildman–Crippen LogP) is 1.52. The van der Waals surface area contributed by atoms with Gasteiger partial charge in [0, 0.05) is 6.04 Å². The van der Waals surface area contributed by atoms with Gasteiger partial charge in [-0.1, -0.05) is 18.1 Å². The lowest BCUT2D eigenvalue weighted by molar-refractivity contribution is 0.238. The highest BCUT2D eigenvalue weighted by atomic mass is 15.1. The molecule has 2 bridgehead atoms. The maximum absolute atomic E-state index is 5.29. The molecular formula is C11H15N. The standard InChI is InChI=1S/C11H15N/c1-3-6-12(2)11-8-9-4-5-10(11)7-9/h1,4-5,9-11H,6-8H2,2H3. The van der Waals surface area contributed by atoms with E-state index < -0.39 is 0 Å². The Kier molecular flexibility index (Phi) is 1.94. The van der Waals surface area contributed by atoms with Crippen LogP contribution in [0.25, 0.3) is 0 Å². The van der Waals surface area contributed by atoms with Crippen LogP contribution in [0.5, 0.6) is 0 Å². The van der Waals surface area contributed by atoms with E-state index in [-0.39, 0.29) is 0 Å². The van der Waals surface area contributed by atoms with Gasteiger partial charge in [-0.05, 0) is 31.7 Å². The number of fused-ring (bicyclic) bond motifs is 2. The summed E-state index contributed by atoms with van der Waals surface area (Å²) in [5.74, 6) is 4.34. The third-order valence-electron chi connectivity index (χ3n) is 3.15. The fourth-order valence-corrected chi connectivity index (χ4v) is 2.52. The number of nitrogens with zero attached hydrogens (tertiary/aromatic N) is 1. The van der Waals surface area contributed by atoms with Crippen LogP contribution in [0.1, 0.15) is 12.8 Å². The molecule has 0 aromatic carbocycles. The third kappa shape index (κ3) is 1.17. The van der Waals surface area contributed by atoms with Crippen molar-refractivity contribution in [2.24, 2.45) is 11.8 Å². The first-order valence-corrected chi connectivity index (χ1v) is 4.63. The van der Waals surface area contributed by atoms with E-state index in [0.717, 1.165) is 24.4 Å². The second-order valence-corrected chi connectivity index (χ2v) is 3.97. The fourth-order valence-electron chi connectivity index (χ4n) is 2.52. The van der Waals surface area contributed by atoms with Gasteiger partial charge >= 0.3 is 0 Å². The van der Waals surface area contributed by atoms with Crippen molar-refractivity contribution in [1.29, 1.82) is 0 Å². The van der Waals surface area contributed by atoms with Crippen molar-refractivity contribution < 1.29 is 0 Å². The molecule has 0 radical (unpaired) electrons. The predicted molar refractivity (Wildman–Crippen MR) is 50.6 cm³/mol. The summed E-state index contributed by atoms with van der Waals surface area (Å²) in [6, 6.07) is 0.719. The lowest BCUT2D eigenvalue weighted by Crippen LogP contribution is -2.34. The first kappa shape index (κ1) is 7.89. The Morgan fingerprint density at radius 2 is 2.33 bits per heavy atom. The van der Waals surface area contributed by atoms with E-state index in [9.17, 15) is 0 Å². The van der Waals surface area contributed by atoms with E-state index in [1.165, 1.54) is 12.8 Å². The van der Waals surface area contributed by atoms with E-state index in [0.29, 0.717) is 0 Å². The summed E-state index contributed by atoms with van der Waals surface area (Å²) in [4.78, 5) is 2.31. The number of rotatable bonds is 2. The summed E-state index contributed by atoms with van der Waals surface area (Å²) >= 11 is 0. The summed E-state index contributed by atoms with van der Waals surface area (Å²) in [5.41, 5.74) is 0. The van der Waals surface area contributed by atoms with Crippen molar-refractivity contribution >= 4 is 0 Å². The molecule has 0 saturated heterocycles. The molecule has 0 aliphatic heterocycles. The Morgan fingerprint density at radius 1 is 1.50 bits per heavy atom. The van der Waals surface area contributed by atoms with Gasteiger partial charge in [0.05, 0.1) is 6.54 Å². The molecule has 1 nitrogen and oxygen atoms in total. The summed E-state index contributed by atoms with van der Waals surface area (Å²) in [5, 5.41) is 0. The van der Waals surface area contributed by atoms with Crippen molar-refractivity contribution in [2.45, 2.75) is 18.9 Å². The Bertz CT molecular complexity index is 236. The number of hydrogen-bond donors (Lipinski definition) is 0. The normalized spacial score (nSPS) is 37.6. The highest BCUT2D eigenvalue weighted by molar-refractivity contribution is 5.13. The molecule has 0 N–H and O–H groups in total. The quantitative estimate of drug-likeness (QED) is 0.438. The number of hydrogen-bond acceptors (Lipinski definition) is 1. The molecule has 0 amide bonds. The molecule has 1 fully saturated rings. The van der Waals surface area contributed by atoms with Gasteiger partial charge in [-0.3, -0.25) is 4.90 Å². The Labute approximate surface area is 74.4 Å². The van der Waals surface area contributed by atoms with Gasteiger partial charge in [0.2, 0.25) is 0 Å². The van der Waals surface area contributed by atoms with Gasteiger partial charge in [-0.15, -0.1) is 6.42 Å². The average Bonchev–Trinajstić information content (AvgIpc) is 2.64. The molecule has 3 unspecified atom stereocenters. The Hall–Kier alpha value is -0.740. The molecule has 2 aliphatic rings. The zero-order valence-electron chi connectivity index (χ0n) is 7.53. The molecular weight excluding hydrogens is 146 g/mol. The van der Waals surface area contributed by atoms with Gasteiger partial charge in [0.15, 0.2) is 0 Å². The van der Waals surface area contributed by atoms with Crippen LogP contribution in [0.3, 0.4) is 0 Å². The smallest absolute Gasteiger partial charge is 0.0599 e. The Balaban J connectivity index is 1.99. The van der Waals surface area contributed by atoms with Gasteiger partial charge < -0.3 is 0 Å². The van der Waals surface area contributed by atoms with Crippen LogP contribution >= 0.6 is 0 Å². The van der Waals surface area contributed by atoms with Crippen LogP contribution in [0.2, 0.25) is 0 Å². The van der Waals surface area contributed by atoms with Crippen molar-refractivity contribution in [1.82, 2.24) is 4.90 Å². The molecule has 64 valence electrons. The van der Waals surface area contributed by atoms with E-state index in [2.05, 4.69) is 30.0 Å². The van der Waals surface area contributed by atoms with E-state index in [1.807, 2.05) is 0 Å². The second-order valence-electron chi connectivity index (χ2n) is 3.97. The zero-order chi connectivity index (χ0) is 8.55. The summed E-state index contributed by atoms with van der Waals surface area (Å²) < 4.78 is 0.